The van der Waals surface area contributed by atoms with Crippen LogP contribution >= 0.6 is 0 Å². The Balaban J connectivity index is 1.82. The maximum Gasteiger partial charge on any atom is 0.255 e. The van der Waals surface area contributed by atoms with Gasteiger partial charge in [0, 0.05) is 46.5 Å². The highest BCUT2D eigenvalue weighted by Gasteiger charge is 2.63. The van der Waals surface area contributed by atoms with Gasteiger partial charge in [-0.15, -0.1) is 0 Å². The summed E-state index contributed by atoms with van der Waals surface area (Å²) in [7, 11) is 9.21. The molecule has 1 amide bonds. The van der Waals surface area contributed by atoms with E-state index in [0.717, 1.165) is 0 Å². The van der Waals surface area contributed by atoms with Crippen molar-refractivity contribution in [3.05, 3.63) is 51.5 Å². The highest BCUT2D eigenvalue weighted by molar-refractivity contribution is 6.24. The number of aliphatic hydroxyl groups excluding tert-OH is 2. The van der Waals surface area contributed by atoms with Crippen LogP contribution < -0.4 is 5.73 Å². The second-order valence-electron chi connectivity index (χ2n) is 11.6. The molecule has 0 bridgehead atoms. The quantitative estimate of drug-likeness (QED) is 0.157. The monoisotopic (exact) mass is 619 g/mol. The number of aliphatic hydroxyl groups is 3. The molecule has 4 atom stereocenters. The molecular formula is C30H41N3O11. The zero-order valence-corrected chi connectivity index (χ0v) is 25.7. The molecule has 0 saturated heterocycles. The number of fused-ring (bicyclic) bond motifs is 3. The van der Waals surface area contributed by atoms with E-state index in [9.17, 15) is 34.8 Å². The van der Waals surface area contributed by atoms with Gasteiger partial charge in [0.15, 0.2) is 24.0 Å². The van der Waals surface area contributed by atoms with Crippen molar-refractivity contribution in [2.45, 2.75) is 43.6 Å². The molecule has 0 radical (unpaired) electrons. The Morgan fingerprint density at radius 3 is 2.09 bits per heavy atom. The number of rotatable bonds is 12. The van der Waals surface area contributed by atoms with Gasteiger partial charge in [-0.3, -0.25) is 24.2 Å². The van der Waals surface area contributed by atoms with Gasteiger partial charge in [0.1, 0.15) is 22.8 Å². The minimum absolute atomic E-state index is 0.00454. The summed E-state index contributed by atoms with van der Waals surface area (Å²) < 4.78 is 21.6. The van der Waals surface area contributed by atoms with E-state index in [2.05, 4.69) is 0 Å². The molecule has 242 valence electrons. The molecule has 6 N–H and O–H groups in total. The molecule has 0 fully saturated rings. The Kier molecular flexibility index (Phi) is 9.85. The van der Waals surface area contributed by atoms with Crippen LogP contribution in [0.5, 0.6) is 5.75 Å². The molecule has 1 unspecified atom stereocenters. The lowest BCUT2D eigenvalue weighted by atomic mass is 9.58. The molecule has 4 rings (SSSR count). The van der Waals surface area contributed by atoms with Crippen molar-refractivity contribution >= 4 is 17.5 Å². The van der Waals surface area contributed by atoms with Gasteiger partial charge in [0.2, 0.25) is 5.78 Å². The van der Waals surface area contributed by atoms with Crippen molar-refractivity contribution in [1.82, 2.24) is 9.80 Å². The number of phenols is 1. The first-order valence-corrected chi connectivity index (χ1v) is 14.1. The molecule has 14 heteroatoms. The van der Waals surface area contributed by atoms with Gasteiger partial charge in [-0.05, 0) is 50.0 Å². The Hall–Kier alpha value is -3.37. The summed E-state index contributed by atoms with van der Waals surface area (Å²) >= 11 is 0. The summed E-state index contributed by atoms with van der Waals surface area (Å²) in [4.78, 5) is 43.1. The van der Waals surface area contributed by atoms with Crippen molar-refractivity contribution in [3.63, 3.8) is 0 Å². The van der Waals surface area contributed by atoms with Gasteiger partial charge >= 0.3 is 0 Å². The number of hydrogen-bond acceptors (Lipinski definition) is 13. The van der Waals surface area contributed by atoms with Crippen LogP contribution in [-0.2, 0) is 41.5 Å². The Labute approximate surface area is 255 Å². The number of aromatic hydroxyl groups is 1. The molecule has 0 saturated carbocycles. The zero-order chi connectivity index (χ0) is 32.7. The van der Waals surface area contributed by atoms with Gasteiger partial charge < -0.3 is 45.1 Å². The number of hydrogen-bond donors (Lipinski definition) is 5. The number of allylic oxidation sites excluding steroid dienone is 1. The number of carbonyl (C=O) groups is 3. The Morgan fingerprint density at radius 1 is 1.02 bits per heavy atom. The summed E-state index contributed by atoms with van der Waals surface area (Å²) in [6, 6.07) is 2.00. The normalized spacial score (nSPS) is 25.3. The summed E-state index contributed by atoms with van der Waals surface area (Å²) in [5.74, 6) is -6.96. The molecule has 3 aliphatic rings. The van der Waals surface area contributed by atoms with Crippen molar-refractivity contribution in [2.24, 2.45) is 17.6 Å². The zero-order valence-electron chi connectivity index (χ0n) is 25.7. The predicted molar refractivity (Wildman–Crippen MR) is 155 cm³/mol. The lowest BCUT2D eigenvalue weighted by Gasteiger charge is -2.50. The summed E-state index contributed by atoms with van der Waals surface area (Å²) in [6.45, 7) is 0.896. The van der Waals surface area contributed by atoms with E-state index in [1.165, 1.54) is 39.4 Å². The fourth-order valence-electron chi connectivity index (χ4n) is 6.82. The third kappa shape index (κ3) is 5.51. The highest BCUT2D eigenvalue weighted by Crippen LogP contribution is 2.52. The van der Waals surface area contributed by atoms with Crippen LogP contribution in [0.25, 0.3) is 0 Å². The molecule has 0 spiro atoms. The molecule has 0 aliphatic heterocycles. The molecule has 0 heterocycles. The van der Waals surface area contributed by atoms with E-state index in [1.807, 2.05) is 4.90 Å². The minimum Gasteiger partial charge on any atom is -0.510 e. The SMILES string of the molecule is COC(CN(Cc1ccc(O)c2c1C[C@@H]1C[C@@H]3C(N(C)C)C(O)=C(C(N)=O)C(=O)[C@@]3(O)C(O)=C1C2=O)CC(OC)OC)OC. The van der Waals surface area contributed by atoms with E-state index in [4.69, 9.17) is 24.7 Å². The number of nitrogens with two attached hydrogens (primary N) is 1. The van der Waals surface area contributed by atoms with Crippen LogP contribution in [0.3, 0.4) is 0 Å². The van der Waals surface area contributed by atoms with E-state index in [-0.39, 0.29) is 36.3 Å². The van der Waals surface area contributed by atoms with Crippen LogP contribution in [0, 0.1) is 11.8 Å². The van der Waals surface area contributed by atoms with Crippen LogP contribution in [0.4, 0.5) is 0 Å². The molecular weight excluding hydrogens is 578 g/mol. The van der Waals surface area contributed by atoms with Gasteiger partial charge in [0.25, 0.3) is 5.91 Å². The van der Waals surface area contributed by atoms with Crippen molar-refractivity contribution in [2.75, 3.05) is 55.6 Å². The standard InChI is InChI=1S/C30H41N3O11/c1-32(2)24-17-10-15-9-16-14(11-33(12-19(41-3)42-4)13-20(43-5)44-6)7-8-18(34)22(16)25(35)21(15)27(37)30(17,40)28(38)23(26(24)36)29(31)39/h7-8,15,17,19-20,24,34,36-37,40H,9-13H2,1-6H3,(H2,31,39)/t15-,17-,24?,30+/m1/s1. The smallest absolute Gasteiger partial charge is 0.255 e. The second kappa shape index (κ2) is 12.9. The summed E-state index contributed by atoms with van der Waals surface area (Å²) in [6.07, 6.45) is -1.00. The molecule has 44 heavy (non-hydrogen) atoms. The lowest BCUT2D eigenvalue weighted by Crippen LogP contribution is -2.63. The van der Waals surface area contributed by atoms with E-state index in [1.54, 1.807) is 20.2 Å². The minimum atomic E-state index is -2.70. The maximum atomic E-state index is 14.0. The molecule has 3 aliphatic carbocycles. The number of benzene rings is 1. The van der Waals surface area contributed by atoms with Crippen molar-refractivity contribution in [1.29, 1.82) is 0 Å². The van der Waals surface area contributed by atoms with E-state index in [0.29, 0.717) is 24.2 Å². The number of methoxy groups -OCH3 is 4. The van der Waals surface area contributed by atoms with Crippen molar-refractivity contribution in [3.8, 4) is 5.75 Å². The number of Topliss-reactive ketones (excluding diaryl/α,β-unsaturated/α-hetero) is 2. The van der Waals surface area contributed by atoms with Crippen LogP contribution in [-0.4, -0.2) is 128 Å². The molecule has 1 aromatic carbocycles. The second-order valence-corrected chi connectivity index (χ2v) is 11.6. The van der Waals surface area contributed by atoms with E-state index < -0.39 is 70.6 Å². The summed E-state index contributed by atoms with van der Waals surface area (Å²) in [5.41, 5.74) is 2.80. The first-order chi connectivity index (χ1) is 20.8. The topological polar surface area (TPSA) is 202 Å². The van der Waals surface area contributed by atoms with Crippen LogP contribution in [0.2, 0.25) is 0 Å². The predicted octanol–water partition coefficient (Wildman–Crippen LogP) is 0.160. The van der Waals surface area contributed by atoms with Gasteiger partial charge in [0.05, 0.1) is 24.7 Å². The number of phenolic OH excluding ortho intramolecular Hbond substituents is 1. The fraction of sp³-hybridized carbons (Fsp3) is 0.567. The number of amides is 1. The highest BCUT2D eigenvalue weighted by atomic mass is 16.7. The number of primary amides is 1. The Morgan fingerprint density at radius 2 is 1.59 bits per heavy atom. The average Bonchev–Trinajstić information content (AvgIpc) is 2.97. The molecule has 14 nitrogen and oxygen atoms in total. The maximum absolute atomic E-state index is 14.0. The lowest BCUT2D eigenvalue weighted by molar-refractivity contribution is -0.148. The summed E-state index contributed by atoms with van der Waals surface area (Å²) in [5, 5.41) is 45.1. The number of nitrogens with zero attached hydrogens (tertiary/aromatic N) is 2. The number of likely N-dealkylation sites (N-methyl/N-ethyl adjacent to an activating group) is 1. The van der Waals surface area contributed by atoms with Gasteiger partial charge in [-0.25, -0.2) is 0 Å². The molecule has 1 aromatic rings. The number of ketones is 2. The van der Waals surface area contributed by atoms with Crippen LogP contribution in [0.15, 0.2) is 34.8 Å². The number of ether oxygens (including phenoxy) is 4. The fourth-order valence-corrected chi connectivity index (χ4v) is 6.82. The van der Waals surface area contributed by atoms with Gasteiger partial charge in [-0.2, -0.15) is 0 Å². The largest absolute Gasteiger partial charge is 0.510 e. The first kappa shape index (κ1) is 33.5. The van der Waals surface area contributed by atoms with Crippen molar-refractivity contribution < 1.29 is 53.8 Å². The first-order valence-electron chi connectivity index (χ1n) is 14.1. The molecule has 0 aromatic heterocycles. The number of carbonyl (C=O) groups excluding carboxylic acids is 3. The third-order valence-corrected chi connectivity index (χ3v) is 8.96. The Bertz CT molecular complexity index is 1370. The third-order valence-electron chi connectivity index (χ3n) is 8.96. The van der Waals surface area contributed by atoms with E-state index >= 15 is 0 Å². The van der Waals surface area contributed by atoms with Crippen LogP contribution in [0.1, 0.15) is 27.9 Å². The van der Waals surface area contributed by atoms with Gasteiger partial charge in [-0.1, -0.05) is 6.07 Å². The average molecular weight is 620 g/mol.